The van der Waals surface area contributed by atoms with Crippen LogP contribution in [0.2, 0.25) is 0 Å². The lowest BCUT2D eigenvalue weighted by Gasteiger charge is -2.35. The van der Waals surface area contributed by atoms with Crippen LogP contribution in [0.3, 0.4) is 0 Å². The molecule has 2 rings (SSSR count). The van der Waals surface area contributed by atoms with Crippen molar-refractivity contribution in [3.05, 3.63) is 29.8 Å². The molecule has 1 saturated heterocycles. The summed E-state index contributed by atoms with van der Waals surface area (Å²) in [4.78, 5) is 24.8. The lowest BCUT2D eigenvalue weighted by molar-refractivity contribution is 0.0283. The van der Waals surface area contributed by atoms with E-state index in [-0.39, 0.29) is 12.1 Å². The lowest BCUT2D eigenvalue weighted by atomic mass is 10.1. The third-order valence-electron chi connectivity index (χ3n) is 4.09. The number of benzene rings is 1. The fourth-order valence-corrected chi connectivity index (χ4v) is 2.85. The number of hydrogen-bond acceptors (Lipinski definition) is 5. The molecule has 2 unspecified atom stereocenters. The summed E-state index contributed by atoms with van der Waals surface area (Å²) in [7, 11) is 0. The van der Waals surface area contributed by atoms with E-state index in [0.717, 1.165) is 17.8 Å². The molecule has 1 aromatic carbocycles. The smallest absolute Gasteiger partial charge is 0.407 e. The van der Waals surface area contributed by atoms with Gasteiger partial charge in [-0.1, -0.05) is 12.1 Å². The molecule has 0 bridgehead atoms. The Labute approximate surface area is 159 Å². The van der Waals surface area contributed by atoms with E-state index in [4.69, 9.17) is 14.6 Å². The van der Waals surface area contributed by atoms with E-state index in [0.29, 0.717) is 19.7 Å². The first-order valence-corrected chi connectivity index (χ1v) is 9.07. The SMILES string of the molecule is CC(NC(=O)O)c1cccc(N2CCOC(CNC(=O)OC(C)(C)C)C2)c1. The minimum Gasteiger partial charge on any atom is -0.465 e. The van der Waals surface area contributed by atoms with Gasteiger partial charge in [-0.05, 0) is 45.4 Å². The van der Waals surface area contributed by atoms with Gasteiger partial charge in [0.2, 0.25) is 0 Å². The number of nitrogens with one attached hydrogen (secondary N) is 2. The molecule has 1 aliphatic rings. The average molecular weight is 379 g/mol. The number of hydrogen-bond donors (Lipinski definition) is 3. The third kappa shape index (κ3) is 6.97. The first kappa shape index (κ1) is 20.8. The Morgan fingerprint density at radius 2 is 2.15 bits per heavy atom. The van der Waals surface area contributed by atoms with E-state index in [9.17, 15) is 9.59 Å². The maximum Gasteiger partial charge on any atom is 0.407 e. The van der Waals surface area contributed by atoms with E-state index < -0.39 is 17.8 Å². The largest absolute Gasteiger partial charge is 0.465 e. The summed E-state index contributed by atoms with van der Waals surface area (Å²) in [5.41, 5.74) is 1.35. The molecule has 8 heteroatoms. The van der Waals surface area contributed by atoms with Crippen LogP contribution in [0, 0.1) is 0 Å². The van der Waals surface area contributed by atoms with Gasteiger partial charge in [0.05, 0.1) is 18.8 Å². The third-order valence-corrected chi connectivity index (χ3v) is 4.09. The highest BCUT2D eigenvalue weighted by molar-refractivity contribution is 5.67. The number of carboxylic acid groups (broad SMARTS) is 1. The molecule has 0 aliphatic carbocycles. The maximum atomic E-state index is 11.8. The van der Waals surface area contributed by atoms with Crippen LogP contribution in [0.4, 0.5) is 15.3 Å². The number of nitrogens with zero attached hydrogens (tertiary/aromatic N) is 1. The summed E-state index contributed by atoms with van der Waals surface area (Å²) in [5, 5.41) is 14.1. The van der Waals surface area contributed by atoms with Gasteiger partial charge in [-0.15, -0.1) is 0 Å². The normalized spacial score (nSPS) is 18.5. The Morgan fingerprint density at radius 3 is 2.81 bits per heavy atom. The van der Waals surface area contributed by atoms with Gasteiger partial charge in [0.1, 0.15) is 5.60 Å². The van der Waals surface area contributed by atoms with Crippen molar-refractivity contribution in [3.63, 3.8) is 0 Å². The number of amides is 2. The summed E-state index contributed by atoms with van der Waals surface area (Å²) in [6.45, 7) is 9.53. The van der Waals surface area contributed by atoms with Crippen LogP contribution in [0.1, 0.15) is 39.3 Å². The van der Waals surface area contributed by atoms with Gasteiger partial charge in [-0.2, -0.15) is 0 Å². The summed E-state index contributed by atoms with van der Waals surface area (Å²) in [5.74, 6) is 0. The van der Waals surface area contributed by atoms with Gasteiger partial charge in [-0.3, -0.25) is 0 Å². The molecule has 8 nitrogen and oxygen atoms in total. The maximum absolute atomic E-state index is 11.8. The molecule has 0 spiro atoms. The number of rotatable bonds is 5. The quantitative estimate of drug-likeness (QED) is 0.727. The summed E-state index contributed by atoms with van der Waals surface area (Å²) >= 11 is 0. The van der Waals surface area contributed by atoms with Crippen LogP contribution < -0.4 is 15.5 Å². The van der Waals surface area contributed by atoms with Crippen molar-refractivity contribution in [2.24, 2.45) is 0 Å². The monoisotopic (exact) mass is 379 g/mol. The van der Waals surface area contributed by atoms with Crippen LogP contribution in [-0.4, -0.2) is 55.2 Å². The van der Waals surface area contributed by atoms with Gasteiger partial charge in [0.25, 0.3) is 0 Å². The molecule has 1 aliphatic heterocycles. The minimum absolute atomic E-state index is 0.149. The highest BCUT2D eigenvalue weighted by Gasteiger charge is 2.23. The second kappa shape index (κ2) is 8.94. The molecule has 0 saturated carbocycles. The second-order valence-electron chi connectivity index (χ2n) is 7.59. The Kier molecular flexibility index (Phi) is 6.90. The van der Waals surface area contributed by atoms with Crippen molar-refractivity contribution in [3.8, 4) is 0 Å². The average Bonchev–Trinajstić information content (AvgIpc) is 2.58. The number of carbonyl (C=O) groups excluding carboxylic acids is 1. The molecular formula is C19H29N3O5. The van der Waals surface area contributed by atoms with Crippen LogP contribution in [0.15, 0.2) is 24.3 Å². The van der Waals surface area contributed by atoms with Gasteiger partial charge in [0.15, 0.2) is 0 Å². The Morgan fingerprint density at radius 1 is 1.41 bits per heavy atom. The van der Waals surface area contributed by atoms with Crippen molar-refractivity contribution in [1.29, 1.82) is 0 Å². The van der Waals surface area contributed by atoms with Crippen molar-refractivity contribution >= 4 is 17.9 Å². The number of ether oxygens (including phenoxy) is 2. The first-order valence-electron chi connectivity index (χ1n) is 9.07. The lowest BCUT2D eigenvalue weighted by Crippen LogP contribution is -2.48. The van der Waals surface area contributed by atoms with Crippen LogP contribution >= 0.6 is 0 Å². The molecule has 1 fully saturated rings. The number of alkyl carbamates (subject to hydrolysis) is 1. The fourth-order valence-electron chi connectivity index (χ4n) is 2.85. The van der Waals surface area contributed by atoms with Crippen molar-refractivity contribution < 1.29 is 24.2 Å². The van der Waals surface area contributed by atoms with Gasteiger partial charge < -0.3 is 30.1 Å². The van der Waals surface area contributed by atoms with E-state index in [1.165, 1.54) is 0 Å². The molecule has 0 aromatic heterocycles. The number of carbonyl (C=O) groups is 2. The van der Waals surface area contributed by atoms with E-state index in [1.807, 2.05) is 45.0 Å². The summed E-state index contributed by atoms with van der Waals surface area (Å²) in [6, 6.07) is 7.47. The van der Waals surface area contributed by atoms with Crippen LogP contribution in [0.5, 0.6) is 0 Å². The zero-order chi connectivity index (χ0) is 20.0. The Bertz CT molecular complexity index is 659. The molecule has 1 aromatic rings. The minimum atomic E-state index is -1.05. The Hall–Kier alpha value is -2.48. The molecule has 2 amide bonds. The second-order valence-corrected chi connectivity index (χ2v) is 7.59. The molecule has 27 heavy (non-hydrogen) atoms. The molecule has 1 heterocycles. The van der Waals surface area contributed by atoms with Gasteiger partial charge in [0, 0.05) is 25.3 Å². The Balaban J connectivity index is 1.94. The van der Waals surface area contributed by atoms with E-state index in [1.54, 1.807) is 6.92 Å². The predicted octanol–water partition coefficient (Wildman–Crippen LogP) is 2.75. The fraction of sp³-hybridized carbons (Fsp3) is 0.579. The first-order chi connectivity index (χ1) is 12.6. The number of anilines is 1. The highest BCUT2D eigenvalue weighted by atomic mass is 16.6. The van der Waals surface area contributed by atoms with Crippen molar-refractivity contribution in [2.45, 2.75) is 45.4 Å². The topological polar surface area (TPSA) is 100 Å². The molecule has 3 N–H and O–H groups in total. The van der Waals surface area contributed by atoms with Gasteiger partial charge >= 0.3 is 12.2 Å². The predicted molar refractivity (Wildman–Crippen MR) is 102 cm³/mol. The molecular weight excluding hydrogens is 350 g/mol. The number of morpholine rings is 1. The molecule has 150 valence electrons. The summed E-state index contributed by atoms with van der Waals surface area (Å²) < 4.78 is 11.0. The molecule has 0 radical (unpaired) electrons. The zero-order valence-electron chi connectivity index (χ0n) is 16.3. The van der Waals surface area contributed by atoms with Crippen molar-refractivity contribution in [2.75, 3.05) is 31.1 Å². The standard InChI is InChI=1S/C19H29N3O5/c1-13(21-17(23)24)14-6-5-7-15(10-14)22-8-9-26-16(12-22)11-20-18(25)27-19(2,3)4/h5-7,10,13,16,21H,8-9,11-12H2,1-4H3,(H,20,25)(H,23,24). The van der Waals surface area contributed by atoms with Gasteiger partial charge in [-0.25, -0.2) is 9.59 Å². The summed E-state index contributed by atoms with van der Waals surface area (Å²) in [6.07, 6.45) is -1.66. The zero-order valence-corrected chi connectivity index (χ0v) is 16.3. The molecule has 2 atom stereocenters. The van der Waals surface area contributed by atoms with Crippen molar-refractivity contribution in [1.82, 2.24) is 10.6 Å². The van der Waals surface area contributed by atoms with Crippen LogP contribution in [0.25, 0.3) is 0 Å². The van der Waals surface area contributed by atoms with E-state index >= 15 is 0 Å². The van der Waals surface area contributed by atoms with Crippen LogP contribution in [-0.2, 0) is 9.47 Å². The highest BCUT2D eigenvalue weighted by Crippen LogP contribution is 2.22. The van der Waals surface area contributed by atoms with E-state index in [2.05, 4.69) is 15.5 Å².